The molecule has 0 spiro atoms. The van der Waals surface area contributed by atoms with Crippen molar-refractivity contribution in [2.24, 2.45) is 0 Å². The van der Waals surface area contributed by atoms with Crippen LogP contribution in [0.4, 0.5) is 5.69 Å². The van der Waals surface area contributed by atoms with Gasteiger partial charge in [0.25, 0.3) is 5.69 Å². The van der Waals surface area contributed by atoms with Crippen molar-refractivity contribution in [3.05, 3.63) is 75.5 Å². The zero-order valence-corrected chi connectivity index (χ0v) is 15.5. The van der Waals surface area contributed by atoms with E-state index in [-0.39, 0.29) is 5.69 Å². The highest BCUT2D eigenvalue weighted by Crippen LogP contribution is 2.25. The normalized spacial score (nSPS) is 12.3. The Morgan fingerprint density at radius 1 is 1.26 bits per heavy atom. The van der Waals surface area contributed by atoms with Crippen molar-refractivity contribution < 1.29 is 19.4 Å². The Morgan fingerprint density at radius 3 is 2.78 bits per heavy atom. The third-order valence-corrected chi connectivity index (χ3v) is 5.18. The predicted octanol–water partition coefficient (Wildman–Crippen LogP) is 3.01. The first-order valence-electron chi connectivity index (χ1n) is 8.38. The number of nitro benzene ring substituents is 1. The smallest absolute Gasteiger partial charge is 0.464 e. The first kappa shape index (κ1) is 19.4. The SMILES string of the molecule is Cc1ccc([N+](=O)[O-])c(CSNC(Cc2coc3ccccc23)B(O)O)c1. The van der Waals surface area contributed by atoms with E-state index < -0.39 is 18.0 Å². The Kier molecular flexibility index (Phi) is 6.17. The summed E-state index contributed by atoms with van der Waals surface area (Å²) in [6.07, 6.45) is 1.95. The molecule has 3 N–H and O–H groups in total. The standard InChI is InChI=1S/C18H19BN2O5S/c1-12-6-7-16(21(24)25)14(8-12)11-27-20-18(19(22)23)9-13-10-26-17-5-3-2-4-15(13)17/h2-8,10,18,20,22-23H,9,11H2,1H3. The predicted molar refractivity (Wildman–Crippen MR) is 106 cm³/mol. The lowest BCUT2D eigenvalue weighted by Gasteiger charge is -2.16. The molecule has 9 heteroatoms. The molecule has 1 atom stereocenters. The Bertz CT molecular complexity index is 946. The minimum Gasteiger partial charge on any atom is -0.464 e. The van der Waals surface area contributed by atoms with Crippen LogP contribution in [0.3, 0.4) is 0 Å². The number of fused-ring (bicyclic) bond motifs is 1. The summed E-state index contributed by atoms with van der Waals surface area (Å²) in [5, 5.41) is 31.5. The van der Waals surface area contributed by atoms with E-state index in [9.17, 15) is 20.2 Å². The summed E-state index contributed by atoms with van der Waals surface area (Å²) < 4.78 is 8.49. The summed E-state index contributed by atoms with van der Waals surface area (Å²) >= 11 is 1.21. The molecule has 0 saturated carbocycles. The monoisotopic (exact) mass is 386 g/mol. The molecular formula is C18H19BN2O5S. The van der Waals surface area contributed by atoms with E-state index in [0.717, 1.165) is 22.1 Å². The molecular weight excluding hydrogens is 367 g/mol. The van der Waals surface area contributed by atoms with Gasteiger partial charge in [-0.05, 0) is 31.0 Å². The number of benzene rings is 2. The van der Waals surface area contributed by atoms with Crippen molar-refractivity contribution in [3.8, 4) is 0 Å². The average molecular weight is 386 g/mol. The summed E-state index contributed by atoms with van der Waals surface area (Å²) in [7, 11) is -1.58. The molecule has 0 radical (unpaired) electrons. The van der Waals surface area contributed by atoms with Crippen LogP contribution in [0.15, 0.2) is 53.1 Å². The summed E-state index contributed by atoms with van der Waals surface area (Å²) in [5.41, 5.74) is 3.16. The van der Waals surface area contributed by atoms with Gasteiger partial charge in [0.2, 0.25) is 0 Å². The summed E-state index contributed by atoms with van der Waals surface area (Å²) in [5.74, 6) is -0.326. The Hall–Kier alpha value is -2.33. The van der Waals surface area contributed by atoms with Gasteiger partial charge >= 0.3 is 7.12 Å². The second kappa shape index (κ2) is 8.58. The molecule has 0 bridgehead atoms. The number of rotatable bonds is 8. The maximum absolute atomic E-state index is 11.2. The number of para-hydroxylation sites is 1. The van der Waals surface area contributed by atoms with Crippen LogP contribution in [0.2, 0.25) is 0 Å². The van der Waals surface area contributed by atoms with Crippen molar-refractivity contribution in [3.63, 3.8) is 0 Å². The van der Waals surface area contributed by atoms with Gasteiger partial charge in [0, 0.05) is 22.8 Å². The van der Waals surface area contributed by atoms with Crippen LogP contribution in [-0.2, 0) is 12.2 Å². The Labute approximate surface area is 160 Å². The van der Waals surface area contributed by atoms with Gasteiger partial charge in [0.05, 0.1) is 17.1 Å². The van der Waals surface area contributed by atoms with Crippen LogP contribution in [0.1, 0.15) is 16.7 Å². The van der Waals surface area contributed by atoms with Gasteiger partial charge in [-0.15, -0.1) is 0 Å². The molecule has 0 saturated heterocycles. The number of hydrogen-bond donors (Lipinski definition) is 3. The van der Waals surface area contributed by atoms with E-state index in [2.05, 4.69) is 4.72 Å². The lowest BCUT2D eigenvalue weighted by molar-refractivity contribution is -0.385. The average Bonchev–Trinajstić information content (AvgIpc) is 3.03. The van der Waals surface area contributed by atoms with Crippen LogP contribution in [0, 0.1) is 17.0 Å². The molecule has 1 heterocycles. The number of nitro groups is 1. The van der Waals surface area contributed by atoms with E-state index in [1.54, 1.807) is 18.4 Å². The van der Waals surface area contributed by atoms with Gasteiger partial charge in [-0.25, -0.2) is 0 Å². The van der Waals surface area contributed by atoms with Crippen LogP contribution in [0.5, 0.6) is 0 Å². The van der Waals surface area contributed by atoms with Crippen LogP contribution in [0.25, 0.3) is 11.0 Å². The highest BCUT2D eigenvalue weighted by molar-refractivity contribution is 7.96. The first-order valence-corrected chi connectivity index (χ1v) is 9.36. The lowest BCUT2D eigenvalue weighted by atomic mass is 9.77. The third-order valence-electron chi connectivity index (χ3n) is 4.25. The maximum Gasteiger partial charge on any atom is 0.470 e. The Morgan fingerprint density at radius 2 is 2.04 bits per heavy atom. The minimum atomic E-state index is -1.58. The molecule has 1 aromatic heterocycles. The summed E-state index contributed by atoms with van der Waals surface area (Å²) in [6, 6.07) is 12.5. The largest absolute Gasteiger partial charge is 0.470 e. The fourth-order valence-corrected chi connectivity index (χ4v) is 3.76. The van der Waals surface area contributed by atoms with Crippen molar-refractivity contribution in [2.45, 2.75) is 25.0 Å². The van der Waals surface area contributed by atoms with Gasteiger partial charge in [-0.3, -0.25) is 14.8 Å². The van der Waals surface area contributed by atoms with Crippen LogP contribution < -0.4 is 4.72 Å². The molecule has 3 aromatic rings. The first-order chi connectivity index (χ1) is 13.0. The van der Waals surface area contributed by atoms with Crippen molar-refractivity contribution in [1.82, 2.24) is 4.72 Å². The van der Waals surface area contributed by atoms with E-state index in [4.69, 9.17) is 4.42 Å². The van der Waals surface area contributed by atoms with Gasteiger partial charge in [-0.1, -0.05) is 41.8 Å². The molecule has 0 amide bonds. The number of nitrogens with one attached hydrogen (secondary N) is 1. The van der Waals surface area contributed by atoms with E-state index in [1.165, 1.54) is 18.0 Å². The van der Waals surface area contributed by atoms with Crippen LogP contribution in [-0.4, -0.2) is 28.0 Å². The molecule has 0 aliphatic rings. The zero-order valence-electron chi connectivity index (χ0n) is 14.7. The molecule has 7 nitrogen and oxygen atoms in total. The van der Waals surface area contributed by atoms with E-state index in [1.807, 2.05) is 31.2 Å². The zero-order chi connectivity index (χ0) is 19.4. The van der Waals surface area contributed by atoms with Crippen molar-refractivity contribution in [2.75, 3.05) is 0 Å². The topological polar surface area (TPSA) is 109 Å². The third kappa shape index (κ3) is 4.69. The molecule has 0 fully saturated rings. The van der Waals surface area contributed by atoms with E-state index in [0.29, 0.717) is 17.7 Å². The van der Waals surface area contributed by atoms with Crippen molar-refractivity contribution >= 4 is 35.7 Å². The Balaban J connectivity index is 1.68. The summed E-state index contributed by atoms with van der Waals surface area (Å²) in [4.78, 5) is 10.7. The summed E-state index contributed by atoms with van der Waals surface area (Å²) in [6.45, 7) is 1.87. The number of furan rings is 1. The molecule has 2 aromatic carbocycles. The molecule has 0 aliphatic heterocycles. The second-order valence-corrected chi connectivity index (χ2v) is 7.09. The van der Waals surface area contributed by atoms with Crippen LogP contribution >= 0.6 is 11.9 Å². The van der Waals surface area contributed by atoms with Gasteiger partial charge in [0.15, 0.2) is 0 Å². The van der Waals surface area contributed by atoms with Gasteiger partial charge in [0.1, 0.15) is 5.58 Å². The molecule has 27 heavy (non-hydrogen) atoms. The van der Waals surface area contributed by atoms with Gasteiger partial charge in [-0.2, -0.15) is 0 Å². The van der Waals surface area contributed by atoms with Gasteiger partial charge < -0.3 is 14.5 Å². The molecule has 0 aliphatic carbocycles. The quantitative estimate of drug-likeness (QED) is 0.236. The minimum absolute atomic E-state index is 0.0526. The van der Waals surface area contributed by atoms with E-state index >= 15 is 0 Å². The number of aryl methyl sites for hydroxylation is 1. The van der Waals surface area contributed by atoms with Crippen molar-refractivity contribution in [1.29, 1.82) is 0 Å². The fourth-order valence-electron chi connectivity index (χ4n) is 2.87. The molecule has 3 rings (SSSR count). The number of nitrogens with zero attached hydrogens (tertiary/aromatic N) is 1. The highest BCUT2D eigenvalue weighted by Gasteiger charge is 2.25. The highest BCUT2D eigenvalue weighted by atomic mass is 32.2. The second-order valence-electron chi connectivity index (χ2n) is 6.28. The molecule has 140 valence electrons. The maximum atomic E-state index is 11.2. The fraction of sp³-hybridized carbons (Fsp3) is 0.222. The lowest BCUT2D eigenvalue weighted by Crippen LogP contribution is -2.42. The number of hydrogen-bond acceptors (Lipinski definition) is 7. The molecule has 1 unspecified atom stereocenters.